The summed E-state index contributed by atoms with van der Waals surface area (Å²) >= 11 is 0. The molecule has 31 heavy (non-hydrogen) atoms. The maximum atomic E-state index is 13.1. The molecule has 1 unspecified atom stereocenters. The molecule has 3 aromatic rings. The van der Waals surface area contributed by atoms with Gasteiger partial charge < -0.3 is 14.3 Å². The van der Waals surface area contributed by atoms with E-state index < -0.39 is 15.4 Å². The second kappa shape index (κ2) is 8.96. The molecule has 1 aromatic carbocycles. The maximum Gasteiger partial charge on any atom is 0.249 e. The molecular weight excluding hydrogens is 414 g/mol. The molecule has 1 N–H and O–H groups in total. The molecule has 3 rings (SSSR count). The highest BCUT2D eigenvalue weighted by Gasteiger charge is 2.26. The molecule has 7 nitrogen and oxygen atoms in total. The van der Waals surface area contributed by atoms with E-state index in [9.17, 15) is 13.2 Å². The topological polar surface area (TPSA) is 94.1 Å². The molecule has 0 spiro atoms. The highest BCUT2D eigenvalue weighted by atomic mass is 32.2. The minimum atomic E-state index is -3.82. The number of nitrogens with zero attached hydrogens (tertiary/aromatic N) is 2. The summed E-state index contributed by atoms with van der Waals surface area (Å²) in [7, 11) is -2.11. The van der Waals surface area contributed by atoms with Gasteiger partial charge in [-0.15, -0.1) is 0 Å². The highest BCUT2D eigenvalue weighted by molar-refractivity contribution is 7.91. The third-order valence-electron chi connectivity index (χ3n) is 5.51. The first kappa shape index (κ1) is 23.2. The normalized spacial score (nSPS) is 13.6. The highest BCUT2D eigenvalue weighted by Crippen LogP contribution is 2.30. The number of benzene rings is 1. The van der Waals surface area contributed by atoms with E-state index in [1.807, 2.05) is 6.07 Å². The molecule has 0 aliphatic rings. The summed E-state index contributed by atoms with van der Waals surface area (Å²) in [6.45, 7) is 9.98. The second-order valence-corrected chi connectivity index (χ2v) is 10.8. The molecule has 1 atom stereocenters. The predicted molar refractivity (Wildman–Crippen MR) is 121 cm³/mol. The third kappa shape index (κ3) is 4.91. The number of ether oxygens (including phenoxy) is 1. The van der Waals surface area contributed by atoms with Crippen LogP contribution in [-0.4, -0.2) is 36.7 Å². The van der Waals surface area contributed by atoms with E-state index in [-0.39, 0.29) is 15.2 Å². The number of methoxy groups -OCH3 is 1. The van der Waals surface area contributed by atoms with Gasteiger partial charge >= 0.3 is 0 Å². The van der Waals surface area contributed by atoms with Crippen LogP contribution in [0, 0.1) is 5.92 Å². The van der Waals surface area contributed by atoms with Crippen LogP contribution in [0.15, 0.2) is 51.1 Å². The number of hydrogen-bond acceptors (Lipinski definition) is 5. The molecule has 8 heteroatoms. The number of H-pyrrole nitrogens is 1. The zero-order chi connectivity index (χ0) is 22.8. The third-order valence-corrected chi connectivity index (χ3v) is 7.26. The molecule has 0 fully saturated rings. The zero-order valence-electron chi connectivity index (χ0n) is 18.8. The second-order valence-electron chi connectivity index (χ2n) is 8.89. The van der Waals surface area contributed by atoms with Gasteiger partial charge in [0, 0.05) is 37.9 Å². The van der Waals surface area contributed by atoms with E-state index in [1.54, 1.807) is 19.2 Å². The Balaban J connectivity index is 2.11. The van der Waals surface area contributed by atoms with Crippen molar-refractivity contribution in [3.63, 3.8) is 0 Å². The van der Waals surface area contributed by atoms with Gasteiger partial charge in [-0.05, 0) is 36.6 Å². The minimum absolute atomic E-state index is 0.0308. The number of hydrogen-bond donors (Lipinski definition) is 1. The fourth-order valence-electron chi connectivity index (χ4n) is 3.73. The van der Waals surface area contributed by atoms with Crippen LogP contribution in [0.2, 0.25) is 0 Å². The molecule has 0 aliphatic carbocycles. The molecule has 2 heterocycles. The Kier molecular flexibility index (Phi) is 6.71. The van der Waals surface area contributed by atoms with Crippen molar-refractivity contribution in [1.29, 1.82) is 0 Å². The van der Waals surface area contributed by atoms with E-state index >= 15 is 0 Å². The molecule has 2 aromatic heterocycles. The van der Waals surface area contributed by atoms with E-state index in [1.165, 1.54) is 12.3 Å². The number of pyridine rings is 1. The maximum absolute atomic E-state index is 13.1. The summed E-state index contributed by atoms with van der Waals surface area (Å²) < 4.78 is 33.6. The minimum Gasteiger partial charge on any atom is -0.385 e. The van der Waals surface area contributed by atoms with E-state index in [0.717, 1.165) is 36.8 Å². The molecule has 168 valence electrons. The molecule has 0 amide bonds. The largest absolute Gasteiger partial charge is 0.385 e. The van der Waals surface area contributed by atoms with Gasteiger partial charge in [-0.25, -0.2) is 13.4 Å². The van der Waals surface area contributed by atoms with Crippen molar-refractivity contribution < 1.29 is 13.2 Å². The van der Waals surface area contributed by atoms with Crippen LogP contribution < -0.4 is 5.56 Å². The molecule has 0 radical (unpaired) electrons. The number of aromatic nitrogens is 3. The molecular formula is C23H31N3O4S. The number of imidazole rings is 1. The van der Waals surface area contributed by atoms with Crippen LogP contribution in [0.4, 0.5) is 0 Å². The smallest absolute Gasteiger partial charge is 0.249 e. The number of rotatable bonds is 8. The van der Waals surface area contributed by atoms with E-state index in [0.29, 0.717) is 18.0 Å². The lowest BCUT2D eigenvalue weighted by Crippen LogP contribution is -2.22. The fourth-order valence-corrected chi connectivity index (χ4v) is 5.03. The first-order valence-electron chi connectivity index (χ1n) is 10.5. The average molecular weight is 446 g/mol. The zero-order valence-corrected chi connectivity index (χ0v) is 19.6. The van der Waals surface area contributed by atoms with Crippen LogP contribution in [0.1, 0.15) is 46.4 Å². The Morgan fingerprint density at radius 1 is 1.16 bits per heavy atom. The van der Waals surface area contributed by atoms with Crippen molar-refractivity contribution in [2.24, 2.45) is 5.92 Å². The van der Waals surface area contributed by atoms with Crippen molar-refractivity contribution in [1.82, 2.24) is 14.5 Å². The Morgan fingerprint density at radius 3 is 2.48 bits per heavy atom. The number of aromatic amines is 1. The molecule has 0 saturated carbocycles. The Hall–Kier alpha value is -2.45. The average Bonchev–Trinajstić information content (AvgIpc) is 3.09. The first-order chi connectivity index (χ1) is 14.6. The van der Waals surface area contributed by atoms with Crippen molar-refractivity contribution in [3.05, 3.63) is 52.7 Å². The van der Waals surface area contributed by atoms with Crippen LogP contribution in [0.3, 0.4) is 0 Å². The standard InChI is InChI=1S/C23H31N3O4S/c1-6-16(10-12-30-5)15-26-20-8-7-17(13-19(20)25-22(26)23(2,3)4)31(28,29)18-9-11-24-21(27)14-18/h7-9,11,13-14,16H,6,10,12,15H2,1-5H3,(H,24,27). The van der Waals surface area contributed by atoms with Gasteiger partial charge in [-0.1, -0.05) is 34.1 Å². The van der Waals surface area contributed by atoms with Gasteiger partial charge in [-0.3, -0.25) is 4.79 Å². The SMILES string of the molecule is CCC(CCOC)Cn1c(C(C)(C)C)nc2cc(S(=O)(=O)c3cc[nH]c(=O)c3)ccc21. The van der Waals surface area contributed by atoms with Gasteiger partial charge in [-0.2, -0.15) is 0 Å². The molecule has 0 bridgehead atoms. The lowest BCUT2D eigenvalue weighted by atomic mass is 9.95. The van der Waals surface area contributed by atoms with Gasteiger partial charge in [0.2, 0.25) is 15.4 Å². The number of fused-ring (bicyclic) bond motifs is 1. The Bertz CT molecular complexity index is 1220. The number of nitrogens with one attached hydrogen (secondary N) is 1. The molecule has 0 saturated heterocycles. The van der Waals surface area contributed by atoms with Gasteiger partial charge in [0.15, 0.2) is 0 Å². The monoisotopic (exact) mass is 445 g/mol. The fraction of sp³-hybridized carbons (Fsp3) is 0.478. The molecule has 0 aliphatic heterocycles. The van der Waals surface area contributed by atoms with Gasteiger partial charge in [0.1, 0.15) is 5.82 Å². The predicted octanol–water partition coefficient (Wildman–Crippen LogP) is 3.92. The lowest BCUT2D eigenvalue weighted by Gasteiger charge is -2.23. The van der Waals surface area contributed by atoms with Crippen molar-refractivity contribution >= 4 is 20.9 Å². The van der Waals surface area contributed by atoms with Crippen LogP contribution in [-0.2, 0) is 26.5 Å². The van der Waals surface area contributed by atoms with Crippen molar-refractivity contribution in [3.8, 4) is 0 Å². The summed E-state index contributed by atoms with van der Waals surface area (Å²) in [5.41, 5.74) is 0.885. The summed E-state index contributed by atoms with van der Waals surface area (Å²) in [6.07, 6.45) is 3.30. The van der Waals surface area contributed by atoms with E-state index in [4.69, 9.17) is 9.72 Å². The summed E-state index contributed by atoms with van der Waals surface area (Å²) in [5.74, 6) is 1.35. The first-order valence-corrected chi connectivity index (χ1v) is 12.0. The summed E-state index contributed by atoms with van der Waals surface area (Å²) in [4.78, 5) is 19.0. The quantitative estimate of drug-likeness (QED) is 0.567. The van der Waals surface area contributed by atoms with Crippen LogP contribution in [0.25, 0.3) is 11.0 Å². The lowest BCUT2D eigenvalue weighted by molar-refractivity contribution is 0.171. The van der Waals surface area contributed by atoms with Gasteiger partial charge in [0.05, 0.1) is 20.8 Å². The van der Waals surface area contributed by atoms with Crippen molar-refractivity contribution in [2.75, 3.05) is 13.7 Å². The van der Waals surface area contributed by atoms with Crippen LogP contribution >= 0.6 is 0 Å². The number of sulfone groups is 1. The van der Waals surface area contributed by atoms with Crippen molar-refractivity contribution in [2.45, 2.75) is 62.3 Å². The Morgan fingerprint density at radius 2 is 1.87 bits per heavy atom. The van der Waals surface area contributed by atoms with Crippen LogP contribution in [0.5, 0.6) is 0 Å². The Labute approximate surface area is 183 Å². The van der Waals surface area contributed by atoms with Gasteiger partial charge in [0.25, 0.3) is 0 Å². The summed E-state index contributed by atoms with van der Waals surface area (Å²) in [5, 5.41) is 0. The summed E-state index contributed by atoms with van der Waals surface area (Å²) in [6, 6.07) is 7.51. The van der Waals surface area contributed by atoms with E-state index in [2.05, 4.69) is 37.2 Å².